The zero-order chi connectivity index (χ0) is 26.0. The molecule has 4 N–H and O–H groups in total. The molecule has 0 radical (unpaired) electrons. The van der Waals surface area contributed by atoms with E-state index in [9.17, 15) is 29.8 Å². The molecule has 0 fully saturated rings. The van der Waals surface area contributed by atoms with Gasteiger partial charge in [-0.25, -0.2) is 0 Å². The quantitative estimate of drug-likeness (QED) is 0.307. The van der Waals surface area contributed by atoms with Gasteiger partial charge in [0, 0.05) is 14.2 Å². The van der Waals surface area contributed by atoms with Crippen LogP contribution in [0.3, 0.4) is 0 Å². The Morgan fingerprint density at radius 2 is 1.41 bits per heavy atom. The van der Waals surface area contributed by atoms with Gasteiger partial charge in [-0.15, -0.1) is 0 Å². The Balaban J connectivity index is 0.000000340. The molecule has 0 unspecified atom stereocenters. The zero-order valence-electron chi connectivity index (χ0n) is 19.3. The Bertz CT molecular complexity index is 1030. The highest BCUT2D eigenvalue weighted by Gasteiger charge is 2.30. The normalized spacial score (nSPS) is 10.5. The van der Waals surface area contributed by atoms with E-state index in [0.717, 1.165) is 0 Å². The Hall–Kier alpha value is -3.92. The van der Waals surface area contributed by atoms with Crippen LogP contribution in [0, 0.1) is 20.2 Å². The first kappa shape index (κ1) is 28.1. The van der Waals surface area contributed by atoms with E-state index >= 15 is 0 Å². The van der Waals surface area contributed by atoms with Crippen LogP contribution in [0.4, 0.5) is 11.4 Å². The van der Waals surface area contributed by atoms with Gasteiger partial charge in [-0.1, -0.05) is 13.8 Å². The number of hydrogen-bond acceptors (Lipinski definition) is 10. The van der Waals surface area contributed by atoms with E-state index < -0.39 is 21.7 Å². The minimum Gasteiger partial charge on any atom is -0.383 e. The molecule has 2 rings (SSSR count). The molecule has 0 aliphatic heterocycles. The van der Waals surface area contributed by atoms with E-state index in [4.69, 9.17) is 20.9 Å². The molecule has 16 heteroatoms. The summed E-state index contributed by atoms with van der Waals surface area (Å²) >= 11 is 0. The fraction of sp³-hybridized carbons (Fsp3) is 0.556. The van der Waals surface area contributed by atoms with Gasteiger partial charge < -0.3 is 20.9 Å². The number of methoxy groups -OCH3 is 2. The summed E-state index contributed by atoms with van der Waals surface area (Å²) in [5.74, 6) is -1.76. The summed E-state index contributed by atoms with van der Waals surface area (Å²) in [6.45, 7) is 4.70. The standard InChI is InChI=1S/2C9H14N4O4/c1-3-6-8(13(15)16)7(9(10)14)11-12(6)4-5-17-2;1-3-6-7(13(15)16)8(9(10)14)12(11-6)4-5-17-2/h2*3-5H2,1-2H3,(H2,10,14). The lowest BCUT2D eigenvalue weighted by Gasteiger charge is -2.03. The smallest absolute Gasteiger partial charge is 0.323 e. The lowest BCUT2D eigenvalue weighted by atomic mass is 10.2. The van der Waals surface area contributed by atoms with Crippen molar-refractivity contribution in [3.05, 3.63) is 43.0 Å². The van der Waals surface area contributed by atoms with Gasteiger partial charge in [0.1, 0.15) is 11.4 Å². The topological polar surface area (TPSA) is 227 Å². The number of nitro groups is 2. The van der Waals surface area contributed by atoms with Crippen LogP contribution >= 0.6 is 0 Å². The lowest BCUT2D eigenvalue weighted by Crippen LogP contribution is -2.20. The molecule has 0 aromatic carbocycles. The number of rotatable bonds is 12. The Morgan fingerprint density at radius 1 is 0.882 bits per heavy atom. The van der Waals surface area contributed by atoms with E-state index in [1.165, 1.54) is 23.6 Å². The summed E-state index contributed by atoms with van der Waals surface area (Å²) in [5, 5.41) is 29.7. The molecular formula is C18H28N8O8. The fourth-order valence-electron chi connectivity index (χ4n) is 3.07. The number of ether oxygens (including phenoxy) is 2. The number of aryl methyl sites for hydroxylation is 1. The van der Waals surface area contributed by atoms with Crippen molar-refractivity contribution in [1.29, 1.82) is 0 Å². The number of hydrogen-bond donors (Lipinski definition) is 2. The van der Waals surface area contributed by atoms with Crippen molar-refractivity contribution in [3.8, 4) is 0 Å². The number of amides is 2. The minimum absolute atomic E-state index is 0.177. The van der Waals surface area contributed by atoms with Crippen LogP contribution in [0.2, 0.25) is 0 Å². The molecule has 0 atom stereocenters. The second-order valence-corrected chi connectivity index (χ2v) is 6.67. The van der Waals surface area contributed by atoms with Gasteiger partial charge in [0.2, 0.25) is 11.4 Å². The van der Waals surface area contributed by atoms with E-state index in [0.29, 0.717) is 38.3 Å². The Kier molecular flexibility index (Phi) is 10.7. The molecule has 2 amide bonds. The maximum Gasteiger partial charge on any atom is 0.323 e. The van der Waals surface area contributed by atoms with Crippen molar-refractivity contribution < 1.29 is 28.9 Å². The van der Waals surface area contributed by atoms with Crippen molar-refractivity contribution in [2.45, 2.75) is 39.8 Å². The predicted octanol–water partition coefficient (Wildman–Crippen LogP) is 0.198. The Morgan fingerprint density at radius 3 is 1.79 bits per heavy atom. The van der Waals surface area contributed by atoms with Crippen LogP contribution < -0.4 is 11.5 Å². The molecule has 0 aliphatic carbocycles. The summed E-state index contributed by atoms with van der Waals surface area (Å²) < 4.78 is 12.3. The number of primary amides is 2. The molecule has 34 heavy (non-hydrogen) atoms. The van der Waals surface area contributed by atoms with Crippen LogP contribution in [0.15, 0.2) is 0 Å². The number of carbonyl (C=O) groups excluding carboxylic acids is 2. The SMILES string of the molecule is CCc1c([N+](=O)[O-])c(C(N)=O)nn1CCOC.CCc1nn(CCOC)c(C(N)=O)c1[N+](=O)[O-]. The first-order valence-electron chi connectivity index (χ1n) is 10.1. The van der Waals surface area contributed by atoms with E-state index in [1.807, 2.05) is 0 Å². The number of nitrogens with two attached hydrogens (primary N) is 2. The van der Waals surface area contributed by atoms with Gasteiger partial charge in [0.15, 0.2) is 0 Å². The molecular weight excluding hydrogens is 456 g/mol. The first-order valence-corrected chi connectivity index (χ1v) is 10.1. The third-order valence-corrected chi connectivity index (χ3v) is 4.54. The van der Waals surface area contributed by atoms with E-state index in [-0.39, 0.29) is 35.0 Å². The van der Waals surface area contributed by atoms with Gasteiger partial charge in [-0.2, -0.15) is 10.2 Å². The average Bonchev–Trinajstić information content (AvgIpc) is 3.35. The van der Waals surface area contributed by atoms with Crippen LogP contribution in [0.25, 0.3) is 0 Å². The predicted molar refractivity (Wildman–Crippen MR) is 117 cm³/mol. The van der Waals surface area contributed by atoms with Crippen LogP contribution in [0.5, 0.6) is 0 Å². The third kappa shape index (κ3) is 6.55. The van der Waals surface area contributed by atoms with Crippen LogP contribution in [-0.2, 0) is 35.4 Å². The number of nitrogens with zero attached hydrogens (tertiary/aromatic N) is 6. The molecule has 2 heterocycles. The van der Waals surface area contributed by atoms with Gasteiger partial charge in [0.05, 0.1) is 36.1 Å². The van der Waals surface area contributed by atoms with Gasteiger partial charge in [-0.3, -0.25) is 39.2 Å². The second kappa shape index (κ2) is 12.9. The lowest BCUT2D eigenvalue weighted by molar-refractivity contribution is -0.386. The Labute approximate surface area is 194 Å². The first-order chi connectivity index (χ1) is 16.0. The highest BCUT2D eigenvalue weighted by atomic mass is 16.6. The van der Waals surface area contributed by atoms with Crippen molar-refractivity contribution in [2.75, 3.05) is 27.4 Å². The summed E-state index contributed by atoms with van der Waals surface area (Å²) in [4.78, 5) is 42.9. The third-order valence-electron chi connectivity index (χ3n) is 4.54. The largest absolute Gasteiger partial charge is 0.383 e. The number of carbonyl (C=O) groups is 2. The molecule has 16 nitrogen and oxygen atoms in total. The van der Waals surface area contributed by atoms with Crippen molar-refractivity contribution in [2.24, 2.45) is 11.5 Å². The summed E-state index contributed by atoms with van der Waals surface area (Å²) in [7, 11) is 3.00. The monoisotopic (exact) mass is 484 g/mol. The number of aromatic nitrogens is 4. The highest BCUT2D eigenvalue weighted by molar-refractivity contribution is 5.96. The molecule has 188 valence electrons. The maximum atomic E-state index is 11.3. The van der Waals surface area contributed by atoms with Crippen molar-refractivity contribution in [1.82, 2.24) is 19.6 Å². The van der Waals surface area contributed by atoms with Crippen molar-refractivity contribution in [3.63, 3.8) is 0 Å². The zero-order valence-corrected chi connectivity index (χ0v) is 19.3. The summed E-state index contributed by atoms with van der Waals surface area (Å²) in [5.41, 5.74) is 9.74. The van der Waals surface area contributed by atoms with Crippen LogP contribution in [-0.4, -0.2) is 68.7 Å². The molecule has 0 saturated carbocycles. The van der Waals surface area contributed by atoms with Gasteiger partial charge in [0.25, 0.3) is 11.8 Å². The molecule has 0 saturated heterocycles. The van der Waals surface area contributed by atoms with Gasteiger partial charge >= 0.3 is 11.4 Å². The fourth-order valence-corrected chi connectivity index (χ4v) is 3.07. The second-order valence-electron chi connectivity index (χ2n) is 6.67. The molecule has 2 aromatic heterocycles. The average molecular weight is 484 g/mol. The maximum absolute atomic E-state index is 11.3. The van der Waals surface area contributed by atoms with E-state index in [1.54, 1.807) is 13.8 Å². The van der Waals surface area contributed by atoms with E-state index in [2.05, 4.69) is 10.2 Å². The highest BCUT2D eigenvalue weighted by Crippen LogP contribution is 2.24. The minimum atomic E-state index is -0.900. The van der Waals surface area contributed by atoms with Crippen molar-refractivity contribution >= 4 is 23.2 Å². The summed E-state index contributed by atoms with van der Waals surface area (Å²) in [6.07, 6.45) is 0.747. The molecule has 2 aromatic rings. The molecule has 0 aliphatic rings. The van der Waals surface area contributed by atoms with Gasteiger partial charge in [-0.05, 0) is 12.8 Å². The van der Waals surface area contributed by atoms with Crippen LogP contribution in [0.1, 0.15) is 46.2 Å². The summed E-state index contributed by atoms with van der Waals surface area (Å²) in [6, 6.07) is 0. The molecule has 0 bridgehead atoms. The molecule has 0 spiro atoms.